The number of hydrogen-bond acceptors (Lipinski definition) is 6. The third kappa shape index (κ3) is 7.51. The molecule has 210 valence electrons. The van der Waals surface area contributed by atoms with Gasteiger partial charge in [-0.2, -0.15) is 0 Å². The number of ketones is 1. The van der Waals surface area contributed by atoms with Gasteiger partial charge < -0.3 is 20.5 Å². The van der Waals surface area contributed by atoms with Crippen LogP contribution in [0.1, 0.15) is 43.2 Å². The van der Waals surface area contributed by atoms with E-state index in [1.54, 1.807) is 23.1 Å². The molecule has 4 rings (SSSR count). The number of nitrogens with zero attached hydrogens (tertiary/aromatic N) is 2. The van der Waals surface area contributed by atoms with Crippen LogP contribution in [0.25, 0.3) is 0 Å². The Hall–Kier alpha value is -2.65. The van der Waals surface area contributed by atoms with Crippen molar-refractivity contribution in [1.82, 2.24) is 9.80 Å². The summed E-state index contributed by atoms with van der Waals surface area (Å²) >= 11 is 12.1. The molecule has 10 heteroatoms. The van der Waals surface area contributed by atoms with Crippen molar-refractivity contribution >= 4 is 40.9 Å². The normalized spacial score (nSPS) is 22.3. The number of fused-ring (bicyclic) bond motifs is 1. The van der Waals surface area contributed by atoms with Crippen molar-refractivity contribution in [3.05, 3.63) is 63.6 Å². The zero-order chi connectivity index (χ0) is 28.1. The minimum Gasteiger partial charge on any atom is -0.492 e. The van der Waals surface area contributed by atoms with E-state index in [0.29, 0.717) is 49.0 Å². The van der Waals surface area contributed by atoms with E-state index in [1.807, 2.05) is 31.2 Å². The molecule has 0 spiro atoms. The number of nitrogens with two attached hydrogens (primary N) is 1. The molecule has 1 unspecified atom stereocenters. The molecule has 2 fully saturated rings. The summed E-state index contributed by atoms with van der Waals surface area (Å²) in [6.07, 6.45) is 1.49. The van der Waals surface area contributed by atoms with E-state index < -0.39 is 18.1 Å². The summed E-state index contributed by atoms with van der Waals surface area (Å²) in [5, 5.41) is 10.2. The maximum absolute atomic E-state index is 13.8. The molecule has 2 aromatic carbocycles. The lowest BCUT2D eigenvalue weighted by molar-refractivity contribution is -0.144. The van der Waals surface area contributed by atoms with Crippen molar-refractivity contribution in [1.29, 1.82) is 0 Å². The quantitative estimate of drug-likeness (QED) is 0.414. The zero-order valence-corrected chi connectivity index (χ0v) is 23.5. The Balaban J connectivity index is 1.50. The smallest absolute Gasteiger partial charge is 0.303 e. The number of carboxylic acid groups (broad SMARTS) is 1. The summed E-state index contributed by atoms with van der Waals surface area (Å²) in [4.78, 5) is 42.5. The molecule has 2 aromatic rings. The fourth-order valence-corrected chi connectivity index (χ4v) is 5.81. The van der Waals surface area contributed by atoms with Crippen LogP contribution in [0.3, 0.4) is 0 Å². The lowest BCUT2D eigenvalue weighted by atomic mass is 9.97. The van der Waals surface area contributed by atoms with Crippen molar-refractivity contribution in [2.75, 3.05) is 19.7 Å². The molecule has 0 saturated carbocycles. The van der Waals surface area contributed by atoms with Crippen molar-refractivity contribution in [2.24, 2.45) is 5.73 Å². The topological polar surface area (TPSA) is 113 Å². The maximum Gasteiger partial charge on any atom is 0.303 e. The number of hydrogen-bond donors (Lipinski definition) is 2. The van der Waals surface area contributed by atoms with E-state index in [2.05, 4.69) is 4.90 Å². The Bertz CT molecular complexity index is 1190. The molecule has 0 aromatic heterocycles. The van der Waals surface area contributed by atoms with Crippen LogP contribution in [0.4, 0.5) is 0 Å². The molecule has 1 amide bonds. The number of Topliss-reactive ketones (excluding diaryl/α,β-unsaturated/α-hetero) is 1. The minimum absolute atomic E-state index is 0.0601. The number of carbonyl (C=O) groups is 3. The predicted molar refractivity (Wildman–Crippen MR) is 150 cm³/mol. The molecular weight excluding hydrogens is 541 g/mol. The molecule has 3 N–H and O–H groups in total. The van der Waals surface area contributed by atoms with Crippen molar-refractivity contribution in [3.63, 3.8) is 0 Å². The minimum atomic E-state index is -1.01. The van der Waals surface area contributed by atoms with Gasteiger partial charge in [0.2, 0.25) is 5.91 Å². The Morgan fingerprint density at radius 1 is 1.13 bits per heavy atom. The fourth-order valence-electron chi connectivity index (χ4n) is 5.49. The zero-order valence-electron chi connectivity index (χ0n) is 22.0. The van der Waals surface area contributed by atoms with Crippen molar-refractivity contribution in [2.45, 2.75) is 69.6 Å². The second-order valence-corrected chi connectivity index (χ2v) is 11.3. The van der Waals surface area contributed by atoms with Crippen LogP contribution in [-0.4, -0.2) is 76.4 Å². The third-order valence-corrected chi connectivity index (χ3v) is 8.34. The number of aliphatic carboxylic acids is 1. The van der Waals surface area contributed by atoms with Gasteiger partial charge in [0.1, 0.15) is 12.4 Å². The highest BCUT2D eigenvalue weighted by Gasteiger charge is 2.45. The number of amides is 1. The number of aryl methyl sites for hydroxylation is 2. The van der Waals surface area contributed by atoms with Crippen molar-refractivity contribution in [3.8, 4) is 5.75 Å². The van der Waals surface area contributed by atoms with Crippen molar-refractivity contribution < 1.29 is 24.2 Å². The van der Waals surface area contributed by atoms with E-state index in [0.717, 1.165) is 16.9 Å². The molecule has 2 heterocycles. The second kappa shape index (κ2) is 13.1. The summed E-state index contributed by atoms with van der Waals surface area (Å²) in [5.74, 6) is -0.587. The van der Waals surface area contributed by atoms with E-state index in [1.165, 1.54) is 0 Å². The molecule has 2 aliphatic heterocycles. The number of ether oxygens (including phenoxy) is 1. The molecule has 2 saturated heterocycles. The molecular formula is C29H35Cl2N3O5. The molecule has 0 bridgehead atoms. The standard InChI is InChI=1S/C29H35Cl2N3O5/c1-18-2-6-22(7-3-18)39-17-21-12-13-33(29(38)26-15-20(32)16-34(21)26)25(9-11-28(36)37)27(35)10-5-19-4-8-23(30)24(31)14-19/h2-4,6-8,14,20-21,25-26H,5,9-13,15-17,32H2,1H3,(H,36,37)/t20-,21?,25-,26+/m1/s1. The number of carboxylic acids is 1. The Kier molecular flexibility index (Phi) is 9.88. The predicted octanol–water partition coefficient (Wildman–Crippen LogP) is 4.12. The maximum atomic E-state index is 13.8. The van der Waals surface area contributed by atoms with Crippen LogP contribution in [0.2, 0.25) is 10.0 Å². The number of halogens is 2. The first-order chi connectivity index (χ1) is 18.6. The summed E-state index contributed by atoms with van der Waals surface area (Å²) in [6.45, 7) is 3.31. The van der Waals surface area contributed by atoms with Crippen LogP contribution in [-0.2, 0) is 20.8 Å². The van der Waals surface area contributed by atoms with E-state index in [9.17, 15) is 19.5 Å². The highest BCUT2D eigenvalue weighted by Crippen LogP contribution is 2.30. The van der Waals surface area contributed by atoms with Crippen LogP contribution >= 0.6 is 23.2 Å². The third-order valence-electron chi connectivity index (χ3n) is 7.60. The molecule has 39 heavy (non-hydrogen) atoms. The monoisotopic (exact) mass is 575 g/mol. The lowest BCUT2D eigenvalue weighted by Gasteiger charge is -2.32. The number of rotatable bonds is 11. The van der Waals surface area contributed by atoms with Gasteiger partial charge >= 0.3 is 5.97 Å². The molecule has 0 aliphatic carbocycles. The highest BCUT2D eigenvalue weighted by molar-refractivity contribution is 6.42. The van der Waals surface area contributed by atoms with Crippen LogP contribution in [0, 0.1) is 6.92 Å². The molecule has 8 nitrogen and oxygen atoms in total. The Labute approximate surface area is 239 Å². The van der Waals surface area contributed by atoms with E-state index in [4.69, 9.17) is 33.7 Å². The van der Waals surface area contributed by atoms with Gasteiger partial charge in [-0.15, -0.1) is 0 Å². The van der Waals surface area contributed by atoms with Crippen LogP contribution < -0.4 is 10.5 Å². The molecule has 4 atom stereocenters. The summed E-state index contributed by atoms with van der Waals surface area (Å²) in [5.41, 5.74) is 8.27. The van der Waals surface area contributed by atoms with Crippen LogP contribution in [0.5, 0.6) is 5.75 Å². The van der Waals surface area contributed by atoms with Gasteiger partial charge in [-0.25, -0.2) is 0 Å². The second-order valence-electron chi connectivity index (χ2n) is 10.5. The fraction of sp³-hybridized carbons (Fsp3) is 0.483. The van der Waals surface area contributed by atoms with Gasteiger partial charge in [0, 0.05) is 38.0 Å². The first kappa shape index (κ1) is 29.3. The van der Waals surface area contributed by atoms with Crippen LogP contribution in [0.15, 0.2) is 42.5 Å². The average molecular weight is 577 g/mol. The Morgan fingerprint density at radius 2 is 1.87 bits per heavy atom. The average Bonchev–Trinajstić information content (AvgIpc) is 3.24. The first-order valence-corrected chi connectivity index (χ1v) is 14.1. The van der Waals surface area contributed by atoms with Gasteiger partial charge in [-0.1, -0.05) is 47.0 Å². The highest BCUT2D eigenvalue weighted by atomic mass is 35.5. The summed E-state index contributed by atoms with van der Waals surface area (Å²) < 4.78 is 6.09. The van der Waals surface area contributed by atoms with Gasteiger partial charge in [-0.05, 0) is 62.4 Å². The van der Waals surface area contributed by atoms with Gasteiger partial charge in [0.25, 0.3) is 0 Å². The largest absolute Gasteiger partial charge is 0.492 e. The van der Waals surface area contributed by atoms with Gasteiger partial charge in [0.15, 0.2) is 5.78 Å². The first-order valence-electron chi connectivity index (χ1n) is 13.3. The molecule has 0 radical (unpaired) electrons. The SMILES string of the molecule is Cc1ccc(OCC2CCN([C@H](CCC(=O)O)C(=O)CCc3ccc(Cl)c(Cl)c3)C(=O)[C@@H]3C[C@@H](N)CN23)cc1. The van der Waals surface area contributed by atoms with Gasteiger partial charge in [-0.3, -0.25) is 19.3 Å². The summed E-state index contributed by atoms with van der Waals surface area (Å²) in [7, 11) is 0. The summed E-state index contributed by atoms with van der Waals surface area (Å²) in [6, 6.07) is 11.5. The van der Waals surface area contributed by atoms with E-state index >= 15 is 0 Å². The Morgan fingerprint density at radius 3 is 2.56 bits per heavy atom. The number of benzene rings is 2. The van der Waals surface area contributed by atoms with Gasteiger partial charge in [0.05, 0.1) is 22.1 Å². The number of carbonyl (C=O) groups excluding carboxylic acids is 2. The van der Waals surface area contributed by atoms with E-state index in [-0.39, 0.29) is 43.0 Å². The molecule has 2 aliphatic rings. The lowest BCUT2D eigenvalue weighted by Crippen LogP contribution is -2.51.